The van der Waals surface area contributed by atoms with Crippen molar-refractivity contribution >= 4 is 28.7 Å². The number of carbonyl (C=O) groups excluding carboxylic acids is 1. The Morgan fingerprint density at radius 2 is 2.07 bits per heavy atom. The molecule has 10 heteroatoms. The van der Waals surface area contributed by atoms with E-state index in [-0.39, 0.29) is 41.9 Å². The smallest absolute Gasteiger partial charge is 0.411 e. The second kappa shape index (κ2) is 7.77. The molecule has 0 saturated carbocycles. The van der Waals surface area contributed by atoms with Gasteiger partial charge in [0.25, 0.3) is 5.69 Å². The quantitative estimate of drug-likeness (QED) is 0.578. The van der Waals surface area contributed by atoms with Crippen LogP contribution in [0.1, 0.15) is 33.6 Å². The van der Waals surface area contributed by atoms with Gasteiger partial charge in [-0.3, -0.25) is 20.0 Å². The molecule has 1 saturated heterocycles. The van der Waals surface area contributed by atoms with Crippen LogP contribution >= 0.6 is 0 Å². The topological polar surface area (TPSA) is 132 Å². The molecule has 1 atom stereocenters. The average molecular weight is 417 g/mol. The van der Waals surface area contributed by atoms with Crippen LogP contribution in [-0.4, -0.2) is 56.3 Å². The molecular weight excluding hydrogens is 394 g/mol. The van der Waals surface area contributed by atoms with Crippen LogP contribution in [0.25, 0.3) is 10.9 Å². The molecule has 1 N–H and O–H groups in total. The van der Waals surface area contributed by atoms with E-state index in [2.05, 4.69) is 4.98 Å². The standard InChI is InChI=1S/C20H23N3O7/c1-19(2,3)30-18(26)22-11-5-9-20(22,17(24)25)12-29-15-8-7-14(23(27)28)13-6-4-10-21-16(13)15/h4,6-8,10H,5,9,11-12H2,1-3H3,(H,24,25)/t20-/m0/s1. The number of hydrogen-bond donors (Lipinski definition) is 1. The lowest BCUT2D eigenvalue weighted by Gasteiger charge is -2.35. The number of nitrogens with zero attached hydrogens (tertiary/aromatic N) is 3. The van der Waals surface area contributed by atoms with Crippen LogP contribution in [0, 0.1) is 10.1 Å². The Kier molecular flexibility index (Phi) is 5.51. The number of non-ortho nitro benzene ring substituents is 1. The van der Waals surface area contributed by atoms with Gasteiger partial charge in [0.1, 0.15) is 23.5 Å². The summed E-state index contributed by atoms with van der Waals surface area (Å²) in [5.74, 6) is -1.00. The van der Waals surface area contributed by atoms with Crippen LogP contribution < -0.4 is 4.74 Å². The molecule has 2 aromatic rings. The van der Waals surface area contributed by atoms with Crippen molar-refractivity contribution in [2.45, 2.75) is 44.8 Å². The Bertz CT molecular complexity index is 1000. The van der Waals surface area contributed by atoms with E-state index >= 15 is 0 Å². The van der Waals surface area contributed by atoms with Gasteiger partial charge in [0, 0.05) is 18.8 Å². The molecule has 0 radical (unpaired) electrons. The maximum absolute atomic E-state index is 12.6. The lowest BCUT2D eigenvalue weighted by molar-refractivity contribution is -0.383. The summed E-state index contributed by atoms with van der Waals surface area (Å²) in [6.07, 6.45) is 1.42. The second-order valence-corrected chi connectivity index (χ2v) is 8.10. The lowest BCUT2D eigenvalue weighted by Crippen LogP contribution is -2.57. The van der Waals surface area contributed by atoms with Gasteiger partial charge in [0.2, 0.25) is 0 Å². The van der Waals surface area contributed by atoms with Crippen molar-refractivity contribution in [2.24, 2.45) is 0 Å². The average Bonchev–Trinajstić information content (AvgIpc) is 3.10. The fourth-order valence-electron chi connectivity index (χ4n) is 3.50. The molecule has 160 valence electrons. The van der Waals surface area contributed by atoms with E-state index in [9.17, 15) is 24.8 Å². The van der Waals surface area contributed by atoms with Gasteiger partial charge in [-0.1, -0.05) is 0 Å². The number of nitro groups is 1. The third-order valence-electron chi connectivity index (χ3n) is 4.87. The number of pyridine rings is 1. The Morgan fingerprint density at radius 1 is 1.33 bits per heavy atom. The number of carboxylic acid groups (broad SMARTS) is 1. The number of carboxylic acids is 1. The zero-order valence-electron chi connectivity index (χ0n) is 17.0. The molecule has 1 aliphatic rings. The van der Waals surface area contributed by atoms with E-state index in [0.29, 0.717) is 6.42 Å². The molecular formula is C20H23N3O7. The minimum atomic E-state index is -1.61. The van der Waals surface area contributed by atoms with Gasteiger partial charge in [0.05, 0.1) is 10.3 Å². The van der Waals surface area contributed by atoms with Gasteiger partial charge >= 0.3 is 12.1 Å². The molecule has 3 rings (SSSR count). The minimum Gasteiger partial charge on any atom is -0.488 e. The van der Waals surface area contributed by atoms with Crippen molar-refractivity contribution < 1.29 is 29.1 Å². The Balaban J connectivity index is 1.92. The molecule has 0 unspecified atom stereocenters. The van der Waals surface area contributed by atoms with Crippen molar-refractivity contribution in [1.29, 1.82) is 0 Å². The molecule has 30 heavy (non-hydrogen) atoms. The van der Waals surface area contributed by atoms with Crippen molar-refractivity contribution in [3.05, 3.63) is 40.6 Å². The zero-order valence-corrected chi connectivity index (χ0v) is 17.0. The number of amides is 1. The molecule has 1 amide bonds. The SMILES string of the molecule is CC(C)(C)OC(=O)N1CCC[C@]1(COc1ccc([N+](=O)[O-])c2cccnc12)C(=O)O. The summed E-state index contributed by atoms with van der Waals surface area (Å²) in [6.45, 7) is 4.99. The number of likely N-dealkylation sites (tertiary alicyclic amines) is 1. The number of aromatic nitrogens is 1. The van der Waals surface area contributed by atoms with Crippen molar-refractivity contribution in [3.63, 3.8) is 0 Å². The van der Waals surface area contributed by atoms with Crippen LogP contribution in [0.3, 0.4) is 0 Å². The number of nitro benzene ring substituents is 1. The van der Waals surface area contributed by atoms with Crippen LogP contribution in [0.4, 0.5) is 10.5 Å². The Labute approximate surface area is 172 Å². The molecule has 0 aliphatic carbocycles. The summed E-state index contributed by atoms with van der Waals surface area (Å²) in [5.41, 5.74) is -2.27. The molecule has 0 spiro atoms. The van der Waals surface area contributed by atoms with E-state index in [1.165, 1.54) is 23.2 Å². The number of benzene rings is 1. The van der Waals surface area contributed by atoms with E-state index in [0.717, 1.165) is 0 Å². The highest BCUT2D eigenvalue weighted by molar-refractivity contribution is 5.92. The normalized spacial score (nSPS) is 19.0. The number of aliphatic carboxylic acids is 1. The van der Waals surface area contributed by atoms with Crippen LogP contribution in [0.15, 0.2) is 30.5 Å². The van der Waals surface area contributed by atoms with Crippen LogP contribution in [0.5, 0.6) is 5.75 Å². The van der Waals surface area contributed by atoms with Crippen molar-refractivity contribution in [3.8, 4) is 5.75 Å². The summed E-state index contributed by atoms with van der Waals surface area (Å²) in [4.78, 5) is 40.9. The van der Waals surface area contributed by atoms with Crippen LogP contribution in [-0.2, 0) is 9.53 Å². The highest BCUT2D eigenvalue weighted by atomic mass is 16.6. The number of ether oxygens (including phenoxy) is 2. The third kappa shape index (κ3) is 3.98. The fraction of sp³-hybridized carbons (Fsp3) is 0.450. The van der Waals surface area contributed by atoms with Crippen molar-refractivity contribution in [2.75, 3.05) is 13.2 Å². The van der Waals surface area contributed by atoms with Gasteiger partial charge in [-0.25, -0.2) is 9.59 Å². The van der Waals surface area contributed by atoms with Gasteiger partial charge in [0.15, 0.2) is 5.54 Å². The molecule has 1 aliphatic heterocycles. The molecule has 2 heterocycles. The summed E-state index contributed by atoms with van der Waals surface area (Å²) in [7, 11) is 0. The molecule has 10 nitrogen and oxygen atoms in total. The number of hydrogen-bond acceptors (Lipinski definition) is 7. The van der Waals surface area contributed by atoms with E-state index in [1.54, 1.807) is 32.9 Å². The minimum absolute atomic E-state index is 0.130. The zero-order chi connectivity index (χ0) is 22.1. The van der Waals surface area contributed by atoms with E-state index < -0.39 is 28.1 Å². The highest BCUT2D eigenvalue weighted by Gasteiger charge is 2.52. The first-order valence-electron chi connectivity index (χ1n) is 9.44. The maximum Gasteiger partial charge on any atom is 0.411 e. The molecule has 1 fully saturated rings. The molecule has 0 bridgehead atoms. The lowest BCUT2D eigenvalue weighted by atomic mass is 9.97. The third-order valence-corrected chi connectivity index (χ3v) is 4.87. The van der Waals surface area contributed by atoms with Gasteiger partial charge < -0.3 is 14.6 Å². The highest BCUT2D eigenvalue weighted by Crippen LogP contribution is 2.35. The second-order valence-electron chi connectivity index (χ2n) is 8.10. The number of carbonyl (C=O) groups is 2. The summed E-state index contributed by atoms with van der Waals surface area (Å²) in [5, 5.41) is 21.5. The Hall–Kier alpha value is -3.43. The summed E-state index contributed by atoms with van der Waals surface area (Å²) < 4.78 is 11.2. The Morgan fingerprint density at radius 3 is 2.70 bits per heavy atom. The van der Waals surface area contributed by atoms with Gasteiger partial charge in [-0.05, 0) is 51.8 Å². The number of fused-ring (bicyclic) bond motifs is 1. The maximum atomic E-state index is 12.6. The predicted octanol–water partition coefficient (Wildman–Crippen LogP) is 3.38. The fourth-order valence-corrected chi connectivity index (χ4v) is 3.50. The molecule has 1 aromatic heterocycles. The monoisotopic (exact) mass is 417 g/mol. The first kappa shape index (κ1) is 21.3. The molecule has 1 aromatic carbocycles. The first-order valence-corrected chi connectivity index (χ1v) is 9.44. The van der Waals surface area contributed by atoms with Crippen molar-refractivity contribution in [1.82, 2.24) is 9.88 Å². The van der Waals surface area contributed by atoms with Crippen LogP contribution in [0.2, 0.25) is 0 Å². The van der Waals surface area contributed by atoms with Gasteiger partial charge in [-0.2, -0.15) is 0 Å². The summed E-state index contributed by atoms with van der Waals surface area (Å²) in [6, 6.07) is 5.78. The first-order chi connectivity index (χ1) is 14.0. The largest absolute Gasteiger partial charge is 0.488 e. The predicted molar refractivity (Wildman–Crippen MR) is 106 cm³/mol. The van der Waals surface area contributed by atoms with Gasteiger partial charge in [-0.15, -0.1) is 0 Å². The summed E-state index contributed by atoms with van der Waals surface area (Å²) >= 11 is 0. The van der Waals surface area contributed by atoms with E-state index in [1.807, 2.05) is 0 Å². The van der Waals surface area contributed by atoms with E-state index in [4.69, 9.17) is 9.47 Å². The number of rotatable bonds is 5.